The molecule has 1 unspecified atom stereocenters. The van der Waals surface area contributed by atoms with Gasteiger partial charge >= 0.3 is 0 Å². The summed E-state index contributed by atoms with van der Waals surface area (Å²) in [5, 5.41) is 5.47. The van der Waals surface area contributed by atoms with E-state index in [1.54, 1.807) is 6.92 Å². The van der Waals surface area contributed by atoms with E-state index in [2.05, 4.69) is 10.6 Å². The molecule has 1 aromatic rings. The lowest BCUT2D eigenvalue weighted by atomic mass is 9.95. The zero-order valence-electron chi connectivity index (χ0n) is 12.2. The van der Waals surface area contributed by atoms with Crippen LogP contribution in [0.25, 0.3) is 0 Å². The van der Waals surface area contributed by atoms with Crippen molar-refractivity contribution in [3.05, 3.63) is 29.8 Å². The Labute approximate surface area is 114 Å². The lowest BCUT2D eigenvalue weighted by Crippen LogP contribution is -2.46. The Bertz CT molecular complexity index is 458. The average Bonchev–Trinajstić information content (AvgIpc) is 2.30. The quantitative estimate of drug-likeness (QED) is 0.879. The molecule has 0 aliphatic carbocycles. The third kappa shape index (κ3) is 4.73. The fraction of sp³-hybridized carbons (Fsp3) is 0.467. The summed E-state index contributed by atoms with van der Waals surface area (Å²) in [5.74, 6) is -0.361. The SMILES string of the molecule is Cc1ccc(NC(=O)C(C)NC(=O)C(C)(C)C)cc1. The molecule has 0 fully saturated rings. The van der Waals surface area contributed by atoms with Crippen LogP contribution in [0.15, 0.2) is 24.3 Å². The fourth-order valence-corrected chi connectivity index (χ4v) is 1.37. The van der Waals surface area contributed by atoms with Crippen LogP contribution in [0.4, 0.5) is 5.69 Å². The first-order chi connectivity index (χ1) is 8.70. The van der Waals surface area contributed by atoms with E-state index in [4.69, 9.17) is 0 Å². The van der Waals surface area contributed by atoms with Crippen molar-refractivity contribution in [3.8, 4) is 0 Å². The summed E-state index contributed by atoms with van der Waals surface area (Å²) in [6.45, 7) is 9.09. The predicted molar refractivity (Wildman–Crippen MR) is 76.9 cm³/mol. The molecule has 1 rings (SSSR count). The van der Waals surface area contributed by atoms with Gasteiger partial charge in [-0.25, -0.2) is 0 Å². The molecule has 0 radical (unpaired) electrons. The van der Waals surface area contributed by atoms with Crippen LogP contribution in [0.3, 0.4) is 0 Å². The molecule has 0 aliphatic heterocycles. The van der Waals surface area contributed by atoms with Gasteiger partial charge in [0.15, 0.2) is 0 Å². The normalized spacial score (nSPS) is 12.7. The van der Waals surface area contributed by atoms with E-state index in [-0.39, 0.29) is 11.8 Å². The lowest BCUT2D eigenvalue weighted by Gasteiger charge is -2.21. The Morgan fingerprint density at radius 2 is 1.63 bits per heavy atom. The second-order valence-electron chi connectivity index (χ2n) is 5.80. The number of hydrogen-bond donors (Lipinski definition) is 2. The monoisotopic (exact) mass is 262 g/mol. The van der Waals surface area contributed by atoms with Crippen molar-refractivity contribution in [1.82, 2.24) is 5.32 Å². The van der Waals surface area contributed by atoms with Gasteiger partial charge in [0.25, 0.3) is 0 Å². The summed E-state index contributed by atoms with van der Waals surface area (Å²) in [6.07, 6.45) is 0. The summed E-state index contributed by atoms with van der Waals surface area (Å²) >= 11 is 0. The minimum absolute atomic E-state index is 0.140. The molecular weight excluding hydrogens is 240 g/mol. The van der Waals surface area contributed by atoms with Crippen molar-refractivity contribution in [2.24, 2.45) is 5.41 Å². The van der Waals surface area contributed by atoms with E-state index >= 15 is 0 Å². The summed E-state index contributed by atoms with van der Waals surface area (Å²) in [7, 11) is 0. The minimum atomic E-state index is -0.562. The molecule has 2 amide bonds. The van der Waals surface area contributed by atoms with E-state index in [1.807, 2.05) is 52.0 Å². The first kappa shape index (κ1) is 15.2. The van der Waals surface area contributed by atoms with E-state index < -0.39 is 11.5 Å². The number of hydrogen-bond acceptors (Lipinski definition) is 2. The number of rotatable bonds is 3. The molecule has 4 nitrogen and oxygen atoms in total. The van der Waals surface area contributed by atoms with Gasteiger partial charge in [0.1, 0.15) is 6.04 Å². The smallest absolute Gasteiger partial charge is 0.246 e. The maximum Gasteiger partial charge on any atom is 0.246 e. The van der Waals surface area contributed by atoms with E-state index in [0.29, 0.717) is 0 Å². The molecule has 0 bridgehead atoms. The molecule has 4 heteroatoms. The van der Waals surface area contributed by atoms with Gasteiger partial charge in [0, 0.05) is 11.1 Å². The number of carbonyl (C=O) groups excluding carboxylic acids is 2. The summed E-state index contributed by atoms with van der Waals surface area (Å²) in [6, 6.07) is 6.96. The molecule has 104 valence electrons. The molecular formula is C15H22N2O2. The van der Waals surface area contributed by atoms with Crippen molar-refractivity contribution in [3.63, 3.8) is 0 Å². The molecule has 2 N–H and O–H groups in total. The van der Waals surface area contributed by atoms with Crippen molar-refractivity contribution in [1.29, 1.82) is 0 Å². The number of anilines is 1. The van der Waals surface area contributed by atoms with Crippen LogP contribution in [0.2, 0.25) is 0 Å². The van der Waals surface area contributed by atoms with Crippen molar-refractivity contribution in [2.45, 2.75) is 40.7 Å². The fourth-order valence-electron chi connectivity index (χ4n) is 1.37. The largest absolute Gasteiger partial charge is 0.344 e. The summed E-state index contributed by atoms with van der Waals surface area (Å²) in [5.41, 5.74) is 1.36. The van der Waals surface area contributed by atoms with Gasteiger partial charge in [-0.1, -0.05) is 38.5 Å². The van der Waals surface area contributed by atoms with E-state index in [1.165, 1.54) is 0 Å². The van der Waals surface area contributed by atoms with Crippen LogP contribution in [-0.4, -0.2) is 17.9 Å². The highest BCUT2D eigenvalue weighted by Crippen LogP contribution is 2.13. The van der Waals surface area contributed by atoms with Gasteiger partial charge in [0.05, 0.1) is 0 Å². The Morgan fingerprint density at radius 3 is 2.11 bits per heavy atom. The third-order valence-corrected chi connectivity index (χ3v) is 2.74. The van der Waals surface area contributed by atoms with Gasteiger partial charge in [-0.3, -0.25) is 9.59 Å². The zero-order valence-corrected chi connectivity index (χ0v) is 12.2. The Morgan fingerprint density at radius 1 is 1.11 bits per heavy atom. The van der Waals surface area contributed by atoms with Crippen LogP contribution in [0.5, 0.6) is 0 Å². The second-order valence-corrected chi connectivity index (χ2v) is 5.80. The van der Waals surface area contributed by atoms with Crippen LogP contribution >= 0.6 is 0 Å². The Kier molecular flexibility index (Phi) is 4.70. The first-order valence-electron chi connectivity index (χ1n) is 6.38. The third-order valence-electron chi connectivity index (χ3n) is 2.74. The molecule has 0 aromatic heterocycles. The zero-order chi connectivity index (χ0) is 14.6. The molecule has 0 aliphatic rings. The van der Waals surface area contributed by atoms with Gasteiger partial charge in [-0.2, -0.15) is 0 Å². The van der Waals surface area contributed by atoms with E-state index in [0.717, 1.165) is 11.3 Å². The highest BCUT2D eigenvalue weighted by Gasteiger charge is 2.24. The van der Waals surface area contributed by atoms with Crippen LogP contribution in [0.1, 0.15) is 33.3 Å². The van der Waals surface area contributed by atoms with Crippen molar-refractivity contribution in [2.75, 3.05) is 5.32 Å². The van der Waals surface area contributed by atoms with Crippen LogP contribution < -0.4 is 10.6 Å². The highest BCUT2D eigenvalue weighted by molar-refractivity contribution is 5.97. The second kappa shape index (κ2) is 5.87. The van der Waals surface area contributed by atoms with Crippen LogP contribution in [0, 0.1) is 12.3 Å². The van der Waals surface area contributed by atoms with E-state index in [9.17, 15) is 9.59 Å². The molecule has 19 heavy (non-hydrogen) atoms. The van der Waals surface area contributed by atoms with Crippen molar-refractivity contribution < 1.29 is 9.59 Å². The number of amides is 2. The van der Waals surface area contributed by atoms with Crippen molar-refractivity contribution >= 4 is 17.5 Å². The molecule has 1 aromatic carbocycles. The lowest BCUT2D eigenvalue weighted by molar-refractivity contribution is -0.131. The molecule has 0 spiro atoms. The van der Waals surface area contributed by atoms with Crippen LogP contribution in [-0.2, 0) is 9.59 Å². The maximum absolute atomic E-state index is 11.9. The standard InChI is InChI=1S/C15H22N2O2/c1-10-6-8-12(9-7-10)17-13(18)11(2)16-14(19)15(3,4)5/h6-9,11H,1-5H3,(H,16,19)(H,17,18). The molecule has 0 saturated carbocycles. The summed E-state index contributed by atoms with van der Waals surface area (Å²) < 4.78 is 0. The van der Waals surface area contributed by atoms with Gasteiger partial charge in [0.2, 0.25) is 11.8 Å². The molecule has 1 atom stereocenters. The predicted octanol–water partition coefficient (Wildman–Crippen LogP) is 2.48. The maximum atomic E-state index is 11.9. The number of nitrogens with one attached hydrogen (secondary N) is 2. The first-order valence-corrected chi connectivity index (χ1v) is 6.38. The Balaban J connectivity index is 2.58. The highest BCUT2D eigenvalue weighted by atomic mass is 16.2. The van der Waals surface area contributed by atoms with Gasteiger partial charge in [-0.05, 0) is 26.0 Å². The number of aryl methyl sites for hydroxylation is 1. The number of benzene rings is 1. The molecule has 0 saturated heterocycles. The topological polar surface area (TPSA) is 58.2 Å². The Hall–Kier alpha value is -1.84. The van der Waals surface area contributed by atoms with Gasteiger partial charge < -0.3 is 10.6 Å². The molecule has 0 heterocycles. The summed E-state index contributed by atoms with van der Waals surface area (Å²) in [4.78, 5) is 23.7. The minimum Gasteiger partial charge on any atom is -0.344 e. The van der Waals surface area contributed by atoms with Gasteiger partial charge in [-0.15, -0.1) is 0 Å². The average molecular weight is 262 g/mol. The number of carbonyl (C=O) groups is 2.